The molecule has 0 aromatic heterocycles. The van der Waals surface area contributed by atoms with Crippen molar-refractivity contribution in [2.45, 2.75) is 96.9 Å². The third-order valence-electron chi connectivity index (χ3n) is 4.38. The Morgan fingerprint density at radius 1 is 1.05 bits per heavy atom. The van der Waals surface area contributed by atoms with E-state index in [1.165, 1.54) is 44.9 Å². The molecule has 1 atom stereocenters. The van der Waals surface area contributed by atoms with E-state index in [4.69, 9.17) is 4.43 Å². The average molecular weight is 410 g/mol. The summed E-state index contributed by atoms with van der Waals surface area (Å²) < 4.78 is 8.64. The van der Waals surface area contributed by atoms with Crippen LogP contribution in [0.25, 0.3) is 0 Å². The SMILES string of the molecule is CCCCCCCC[C@H](/C=C/I)O[Si](C)(C)C(C)(C)C. The molecule has 0 bridgehead atoms. The number of unbranched alkanes of at least 4 members (excludes halogenated alkanes) is 5. The highest BCUT2D eigenvalue weighted by Crippen LogP contribution is 2.38. The zero-order valence-corrected chi connectivity index (χ0v) is 17.6. The first-order valence-corrected chi connectivity index (χ1v) is 12.3. The molecule has 0 saturated carbocycles. The van der Waals surface area contributed by atoms with Gasteiger partial charge in [0.2, 0.25) is 0 Å². The fourth-order valence-corrected chi connectivity index (χ4v) is 3.73. The number of hydrogen-bond acceptors (Lipinski definition) is 1. The van der Waals surface area contributed by atoms with Crippen molar-refractivity contribution in [1.29, 1.82) is 0 Å². The molecule has 120 valence electrons. The van der Waals surface area contributed by atoms with Gasteiger partial charge in [0.05, 0.1) is 6.10 Å². The van der Waals surface area contributed by atoms with Gasteiger partial charge in [0.1, 0.15) is 0 Å². The van der Waals surface area contributed by atoms with Gasteiger partial charge < -0.3 is 4.43 Å². The van der Waals surface area contributed by atoms with Crippen LogP contribution >= 0.6 is 22.6 Å². The van der Waals surface area contributed by atoms with E-state index in [0.29, 0.717) is 11.1 Å². The first-order chi connectivity index (χ1) is 9.24. The molecule has 20 heavy (non-hydrogen) atoms. The summed E-state index contributed by atoms with van der Waals surface area (Å²) in [5, 5.41) is 0.297. The molecule has 0 unspecified atom stereocenters. The standard InChI is InChI=1S/C17H35IOSi/c1-7-8-9-10-11-12-13-16(14-15-18)19-20(5,6)17(2,3)4/h14-16H,7-13H2,1-6H3/b15-14+/t16-/m1/s1. The molecule has 0 aromatic carbocycles. The first kappa shape index (κ1) is 20.6. The van der Waals surface area contributed by atoms with E-state index < -0.39 is 8.32 Å². The molecule has 0 aliphatic rings. The van der Waals surface area contributed by atoms with Crippen molar-refractivity contribution < 1.29 is 4.43 Å². The lowest BCUT2D eigenvalue weighted by atomic mass is 10.1. The Hall–Kier alpha value is 0.647. The minimum atomic E-state index is -1.64. The topological polar surface area (TPSA) is 9.23 Å². The molecule has 0 rings (SSSR count). The maximum Gasteiger partial charge on any atom is 0.192 e. The summed E-state index contributed by atoms with van der Waals surface area (Å²) in [6.45, 7) is 13.9. The van der Waals surface area contributed by atoms with E-state index in [9.17, 15) is 0 Å². The van der Waals surface area contributed by atoms with Crippen molar-refractivity contribution >= 4 is 30.9 Å². The molecular weight excluding hydrogens is 375 g/mol. The maximum atomic E-state index is 6.52. The fraction of sp³-hybridized carbons (Fsp3) is 0.882. The van der Waals surface area contributed by atoms with Gasteiger partial charge in [-0.25, -0.2) is 0 Å². The summed E-state index contributed by atoms with van der Waals surface area (Å²) in [5.74, 6) is 0. The van der Waals surface area contributed by atoms with Crippen LogP contribution in [0, 0.1) is 0 Å². The maximum absolute atomic E-state index is 6.52. The van der Waals surface area contributed by atoms with E-state index in [-0.39, 0.29) is 0 Å². The van der Waals surface area contributed by atoms with Crippen LogP contribution in [0.3, 0.4) is 0 Å². The Morgan fingerprint density at radius 2 is 1.60 bits per heavy atom. The van der Waals surface area contributed by atoms with Crippen LogP contribution in [0.5, 0.6) is 0 Å². The minimum Gasteiger partial charge on any atom is -0.411 e. The van der Waals surface area contributed by atoms with Gasteiger partial charge in [-0.2, -0.15) is 0 Å². The highest BCUT2D eigenvalue weighted by atomic mass is 127. The van der Waals surface area contributed by atoms with Gasteiger partial charge in [0, 0.05) is 0 Å². The molecular formula is C17H35IOSi. The second-order valence-corrected chi connectivity index (χ2v) is 12.8. The molecule has 3 heteroatoms. The fourth-order valence-electron chi connectivity index (χ4n) is 1.96. The summed E-state index contributed by atoms with van der Waals surface area (Å²) in [5.41, 5.74) is 0. The molecule has 0 aliphatic heterocycles. The Bertz CT molecular complexity index is 269. The van der Waals surface area contributed by atoms with E-state index >= 15 is 0 Å². The summed E-state index contributed by atoms with van der Waals surface area (Å²) in [6.07, 6.45) is 11.9. The Kier molecular flexibility index (Phi) is 10.7. The lowest BCUT2D eigenvalue weighted by Crippen LogP contribution is -2.43. The smallest absolute Gasteiger partial charge is 0.192 e. The summed E-state index contributed by atoms with van der Waals surface area (Å²) in [6, 6.07) is 0. The zero-order valence-electron chi connectivity index (χ0n) is 14.5. The number of rotatable bonds is 10. The zero-order chi connectivity index (χ0) is 15.6. The van der Waals surface area contributed by atoms with Gasteiger partial charge in [0.25, 0.3) is 0 Å². The molecule has 0 N–H and O–H groups in total. The van der Waals surface area contributed by atoms with Gasteiger partial charge in [0.15, 0.2) is 8.32 Å². The third kappa shape index (κ3) is 8.83. The highest BCUT2D eigenvalue weighted by Gasteiger charge is 2.38. The van der Waals surface area contributed by atoms with Gasteiger partial charge in [-0.3, -0.25) is 0 Å². The molecule has 0 saturated heterocycles. The van der Waals surface area contributed by atoms with Crippen molar-refractivity contribution in [3.63, 3.8) is 0 Å². The molecule has 0 aromatic rings. The third-order valence-corrected chi connectivity index (χ3v) is 9.30. The van der Waals surface area contributed by atoms with Crippen LogP contribution in [0.2, 0.25) is 18.1 Å². The largest absolute Gasteiger partial charge is 0.411 e. The Labute approximate surface area is 142 Å². The predicted molar refractivity (Wildman–Crippen MR) is 103 cm³/mol. The van der Waals surface area contributed by atoms with E-state index in [2.05, 4.69) is 73.5 Å². The lowest BCUT2D eigenvalue weighted by Gasteiger charge is -2.38. The molecule has 0 aliphatic carbocycles. The van der Waals surface area contributed by atoms with Crippen LogP contribution in [0.4, 0.5) is 0 Å². The normalized spacial score (nSPS) is 14.9. The van der Waals surface area contributed by atoms with Crippen molar-refractivity contribution in [3.8, 4) is 0 Å². The van der Waals surface area contributed by atoms with Gasteiger partial charge >= 0.3 is 0 Å². The van der Waals surface area contributed by atoms with Crippen molar-refractivity contribution in [1.82, 2.24) is 0 Å². The highest BCUT2D eigenvalue weighted by molar-refractivity contribution is 14.1. The van der Waals surface area contributed by atoms with Crippen LogP contribution in [0.15, 0.2) is 10.2 Å². The van der Waals surface area contributed by atoms with E-state index in [1.807, 2.05) is 0 Å². The van der Waals surface area contributed by atoms with Crippen LogP contribution < -0.4 is 0 Å². The van der Waals surface area contributed by atoms with Crippen LogP contribution in [-0.4, -0.2) is 14.4 Å². The molecule has 1 nitrogen and oxygen atoms in total. The van der Waals surface area contributed by atoms with Gasteiger partial charge in [-0.15, -0.1) is 0 Å². The van der Waals surface area contributed by atoms with Crippen LogP contribution in [-0.2, 0) is 4.43 Å². The molecule has 0 heterocycles. The van der Waals surface area contributed by atoms with Crippen molar-refractivity contribution in [2.75, 3.05) is 0 Å². The van der Waals surface area contributed by atoms with E-state index in [0.717, 1.165) is 0 Å². The molecule has 0 spiro atoms. The Morgan fingerprint density at radius 3 is 2.10 bits per heavy atom. The molecule has 0 radical (unpaired) electrons. The second-order valence-electron chi connectivity index (χ2n) is 7.29. The number of hydrogen-bond donors (Lipinski definition) is 0. The molecule has 0 amide bonds. The summed E-state index contributed by atoms with van der Waals surface area (Å²) in [4.78, 5) is 0. The van der Waals surface area contributed by atoms with Crippen molar-refractivity contribution in [3.05, 3.63) is 10.2 Å². The summed E-state index contributed by atoms with van der Waals surface area (Å²) >= 11 is 2.31. The molecule has 0 fully saturated rings. The lowest BCUT2D eigenvalue weighted by molar-refractivity contribution is 0.211. The van der Waals surface area contributed by atoms with Gasteiger partial charge in [-0.05, 0) is 28.6 Å². The predicted octanol–water partition coefficient (Wildman–Crippen LogP) is 7.08. The number of halogens is 1. The quantitative estimate of drug-likeness (QED) is 0.212. The average Bonchev–Trinajstić information content (AvgIpc) is 2.32. The summed E-state index contributed by atoms with van der Waals surface area (Å²) in [7, 11) is -1.64. The monoisotopic (exact) mass is 410 g/mol. The van der Waals surface area contributed by atoms with Crippen molar-refractivity contribution in [2.24, 2.45) is 0 Å². The second kappa shape index (κ2) is 10.4. The van der Waals surface area contributed by atoms with Crippen LogP contribution in [0.1, 0.15) is 72.6 Å². The van der Waals surface area contributed by atoms with E-state index in [1.54, 1.807) is 0 Å². The Balaban J connectivity index is 4.18. The first-order valence-electron chi connectivity index (χ1n) is 8.19. The minimum absolute atomic E-state index is 0.297. The van der Waals surface area contributed by atoms with Gasteiger partial charge in [-0.1, -0.05) is 94.9 Å².